The molecule has 0 aromatic rings. The third kappa shape index (κ3) is 1.48. The summed E-state index contributed by atoms with van der Waals surface area (Å²) in [5.74, 6) is -0.152. The van der Waals surface area contributed by atoms with Crippen molar-refractivity contribution in [2.24, 2.45) is 0 Å². The number of rotatable bonds is 2. The van der Waals surface area contributed by atoms with Crippen LogP contribution in [0.4, 0.5) is 0 Å². The van der Waals surface area contributed by atoms with Gasteiger partial charge in [0.25, 0.3) is 0 Å². The molecule has 1 fully saturated rings. The molecule has 0 aromatic heterocycles. The molecule has 1 heterocycles. The number of amides is 1. The van der Waals surface area contributed by atoms with Crippen LogP contribution >= 0.6 is 11.6 Å². The van der Waals surface area contributed by atoms with Crippen molar-refractivity contribution in [1.82, 2.24) is 5.32 Å². The lowest BCUT2D eigenvalue weighted by atomic mass is 10.2. The van der Waals surface area contributed by atoms with Crippen molar-refractivity contribution in [1.29, 1.82) is 0 Å². The third-order valence-corrected chi connectivity index (χ3v) is 1.78. The SMILES string of the molecule is O=C1CCC(C(=O)CCl)N1. The Labute approximate surface area is 63.7 Å². The van der Waals surface area contributed by atoms with Crippen molar-refractivity contribution in [2.45, 2.75) is 18.9 Å². The molecular weight excluding hydrogens is 154 g/mol. The Balaban J connectivity index is 2.44. The lowest BCUT2D eigenvalue weighted by Gasteiger charge is -2.03. The number of carbonyl (C=O) groups is 2. The maximum atomic E-state index is 10.8. The molecule has 1 aliphatic rings. The first-order valence-electron chi connectivity index (χ1n) is 3.12. The number of halogens is 1. The van der Waals surface area contributed by atoms with Crippen LogP contribution in [0.25, 0.3) is 0 Å². The Hall–Kier alpha value is -0.570. The Morgan fingerprint density at radius 2 is 2.50 bits per heavy atom. The number of hydrogen-bond acceptors (Lipinski definition) is 2. The summed E-state index contributed by atoms with van der Waals surface area (Å²) < 4.78 is 0. The summed E-state index contributed by atoms with van der Waals surface area (Å²) in [5, 5.41) is 2.53. The average Bonchev–Trinajstić information content (AvgIpc) is 2.34. The van der Waals surface area contributed by atoms with Gasteiger partial charge in [0.2, 0.25) is 5.91 Å². The zero-order chi connectivity index (χ0) is 7.56. The quantitative estimate of drug-likeness (QED) is 0.583. The number of nitrogens with one attached hydrogen (secondary N) is 1. The van der Waals surface area contributed by atoms with Crippen molar-refractivity contribution in [2.75, 3.05) is 5.88 Å². The summed E-state index contributed by atoms with van der Waals surface area (Å²) in [5.41, 5.74) is 0. The molecule has 1 unspecified atom stereocenters. The number of alkyl halides is 1. The van der Waals surface area contributed by atoms with E-state index in [0.29, 0.717) is 12.8 Å². The van der Waals surface area contributed by atoms with Crippen LogP contribution in [0, 0.1) is 0 Å². The van der Waals surface area contributed by atoms with Gasteiger partial charge in [-0.2, -0.15) is 0 Å². The average molecular weight is 162 g/mol. The van der Waals surface area contributed by atoms with Gasteiger partial charge in [-0.25, -0.2) is 0 Å². The van der Waals surface area contributed by atoms with Gasteiger partial charge in [0.15, 0.2) is 5.78 Å². The molecule has 1 N–H and O–H groups in total. The normalized spacial score (nSPS) is 24.5. The van der Waals surface area contributed by atoms with Gasteiger partial charge in [-0.05, 0) is 6.42 Å². The largest absolute Gasteiger partial charge is 0.346 e. The predicted octanol–water partition coefficient (Wildman–Crippen LogP) is 0.0729. The monoisotopic (exact) mass is 161 g/mol. The van der Waals surface area contributed by atoms with E-state index in [-0.39, 0.29) is 23.6 Å². The molecule has 1 amide bonds. The smallest absolute Gasteiger partial charge is 0.220 e. The standard InChI is InChI=1S/C6H8ClNO2/c7-3-5(9)4-1-2-6(10)8-4/h4H,1-3H2,(H,8,10). The van der Waals surface area contributed by atoms with E-state index >= 15 is 0 Å². The van der Waals surface area contributed by atoms with E-state index in [2.05, 4.69) is 5.32 Å². The summed E-state index contributed by atoms with van der Waals surface area (Å²) in [6.07, 6.45) is 1.05. The van der Waals surface area contributed by atoms with E-state index < -0.39 is 0 Å². The minimum atomic E-state index is -0.315. The highest BCUT2D eigenvalue weighted by Gasteiger charge is 2.25. The van der Waals surface area contributed by atoms with Gasteiger partial charge in [0.1, 0.15) is 0 Å². The number of hydrogen-bond donors (Lipinski definition) is 1. The van der Waals surface area contributed by atoms with Crippen LogP contribution in [0.1, 0.15) is 12.8 Å². The summed E-state index contributed by atoms with van der Waals surface area (Å²) >= 11 is 5.28. The number of Topliss-reactive ketones (excluding diaryl/α,β-unsaturated/α-hetero) is 1. The molecule has 3 nitrogen and oxygen atoms in total. The fraction of sp³-hybridized carbons (Fsp3) is 0.667. The van der Waals surface area contributed by atoms with E-state index in [1.807, 2.05) is 0 Å². The molecule has 1 atom stereocenters. The van der Waals surface area contributed by atoms with Crippen LogP contribution < -0.4 is 5.32 Å². The van der Waals surface area contributed by atoms with Gasteiger partial charge in [-0.1, -0.05) is 0 Å². The van der Waals surface area contributed by atoms with Gasteiger partial charge < -0.3 is 5.32 Å². The second-order valence-corrected chi connectivity index (χ2v) is 2.53. The van der Waals surface area contributed by atoms with E-state index in [9.17, 15) is 9.59 Å². The van der Waals surface area contributed by atoms with Gasteiger partial charge >= 0.3 is 0 Å². The van der Waals surface area contributed by atoms with Crippen LogP contribution in [0.15, 0.2) is 0 Å². The lowest BCUT2D eigenvalue weighted by molar-refractivity contribution is -0.123. The molecule has 0 aromatic carbocycles. The Morgan fingerprint density at radius 1 is 1.80 bits per heavy atom. The van der Waals surface area contributed by atoms with E-state index in [1.165, 1.54) is 0 Å². The van der Waals surface area contributed by atoms with Crippen LogP contribution in [-0.4, -0.2) is 23.6 Å². The van der Waals surface area contributed by atoms with Crippen LogP contribution in [0.3, 0.4) is 0 Å². The molecule has 1 aliphatic heterocycles. The summed E-state index contributed by atoms with van der Waals surface area (Å²) in [7, 11) is 0. The van der Waals surface area contributed by atoms with Crippen LogP contribution in [0.2, 0.25) is 0 Å². The second kappa shape index (κ2) is 3.01. The van der Waals surface area contributed by atoms with Crippen molar-refractivity contribution < 1.29 is 9.59 Å². The first-order valence-corrected chi connectivity index (χ1v) is 3.65. The fourth-order valence-corrected chi connectivity index (χ4v) is 1.13. The summed E-state index contributed by atoms with van der Waals surface area (Å²) in [6.45, 7) is 0. The minimum Gasteiger partial charge on any atom is -0.346 e. The number of carbonyl (C=O) groups excluding carboxylic acids is 2. The summed E-state index contributed by atoms with van der Waals surface area (Å²) in [6, 6.07) is -0.315. The first-order chi connectivity index (χ1) is 4.74. The highest BCUT2D eigenvalue weighted by molar-refractivity contribution is 6.28. The van der Waals surface area contributed by atoms with Gasteiger partial charge in [-0.3, -0.25) is 9.59 Å². The maximum absolute atomic E-state index is 10.8. The van der Waals surface area contributed by atoms with Crippen LogP contribution in [-0.2, 0) is 9.59 Å². The highest BCUT2D eigenvalue weighted by atomic mass is 35.5. The van der Waals surface area contributed by atoms with E-state index in [1.54, 1.807) is 0 Å². The van der Waals surface area contributed by atoms with Gasteiger partial charge in [0, 0.05) is 6.42 Å². The van der Waals surface area contributed by atoms with Crippen molar-refractivity contribution in [3.63, 3.8) is 0 Å². The van der Waals surface area contributed by atoms with Crippen molar-refractivity contribution in [3.8, 4) is 0 Å². The maximum Gasteiger partial charge on any atom is 0.220 e. The first kappa shape index (κ1) is 7.54. The molecule has 0 bridgehead atoms. The molecule has 1 saturated heterocycles. The second-order valence-electron chi connectivity index (χ2n) is 2.26. The molecule has 0 aliphatic carbocycles. The number of ketones is 1. The fourth-order valence-electron chi connectivity index (χ4n) is 0.949. The molecule has 56 valence electrons. The minimum absolute atomic E-state index is 0.00898. The molecule has 4 heteroatoms. The van der Waals surface area contributed by atoms with Gasteiger partial charge in [0.05, 0.1) is 11.9 Å². The zero-order valence-corrected chi connectivity index (χ0v) is 6.15. The van der Waals surface area contributed by atoms with Crippen molar-refractivity contribution >= 4 is 23.3 Å². The van der Waals surface area contributed by atoms with E-state index in [4.69, 9.17) is 11.6 Å². The summed E-state index contributed by atoms with van der Waals surface area (Å²) in [4.78, 5) is 21.4. The third-order valence-electron chi connectivity index (χ3n) is 1.52. The zero-order valence-electron chi connectivity index (χ0n) is 5.39. The molecule has 1 rings (SSSR count). The Kier molecular flexibility index (Phi) is 2.27. The molecular formula is C6H8ClNO2. The Morgan fingerprint density at radius 3 is 2.90 bits per heavy atom. The topological polar surface area (TPSA) is 46.2 Å². The van der Waals surface area contributed by atoms with Crippen LogP contribution in [0.5, 0.6) is 0 Å². The predicted molar refractivity (Wildman–Crippen MR) is 36.9 cm³/mol. The highest BCUT2D eigenvalue weighted by Crippen LogP contribution is 2.07. The molecule has 0 saturated carbocycles. The van der Waals surface area contributed by atoms with Crippen molar-refractivity contribution in [3.05, 3.63) is 0 Å². The lowest BCUT2D eigenvalue weighted by Crippen LogP contribution is -2.33. The van der Waals surface area contributed by atoms with E-state index in [0.717, 1.165) is 0 Å². The Bertz CT molecular complexity index is 169. The molecule has 0 radical (unpaired) electrons. The molecule has 10 heavy (non-hydrogen) atoms. The van der Waals surface area contributed by atoms with Gasteiger partial charge in [-0.15, -0.1) is 11.6 Å². The molecule has 0 spiro atoms.